The Hall–Kier alpha value is -2.73. The van der Waals surface area contributed by atoms with E-state index in [1.807, 2.05) is 13.1 Å². The zero-order chi connectivity index (χ0) is 20.4. The lowest BCUT2D eigenvalue weighted by molar-refractivity contribution is 0.222. The number of hydrogen-bond donors (Lipinski definition) is 1. The second-order valence-electron chi connectivity index (χ2n) is 9.00. The van der Waals surface area contributed by atoms with Crippen LogP contribution in [0.5, 0.6) is 0 Å². The number of piperidine rings is 1. The van der Waals surface area contributed by atoms with Gasteiger partial charge in [-0.25, -0.2) is 14.4 Å². The van der Waals surface area contributed by atoms with Crippen molar-refractivity contribution in [3.63, 3.8) is 0 Å². The number of nitrogens with zero attached hydrogens (tertiary/aromatic N) is 4. The number of likely N-dealkylation sites (tertiary alicyclic amines) is 1. The van der Waals surface area contributed by atoms with Gasteiger partial charge < -0.3 is 14.5 Å². The Bertz CT molecular complexity index is 1260. The van der Waals surface area contributed by atoms with E-state index in [2.05, 4.69) is 44.7 Å². The summed E-state index contributed by atoms with van der Waals surface area (Å²) in [6.07, 6.45) is 6.55. The van der Waals surface area contributed by atoms with Gasteiger partial charge >= 0.3 is 0 Å². The third-order valence-corrected chi connectivity index (χ3v) is 6.85. The highest BCUT2D eigenvalue weighted by Gasteiger charge is 2.26. The molecule has 0 bridgehead atoms. The van der Waals surface area contributed by atoms with Crippen molar-refractivity contribution >= 4 is 22.1 Å². The molecule has 1 aliphatic carbocycles. The molecule has 1 aliphatic heterocycles. The summed E-state index contributed by atoms with van der Waals surface area (Å²) in [5.41, 5.74) is 5.29. The van der Waals surface area contributed by atoms with Crippen LogP contribution in [0.3, 0.4) is 0 Å². The minimum Gasteiger partial charge on any atom is -0.346 e. The average Bonchev–Trinajstić information content (AvgIpc) is 3.42. The highest BCUT2D eigenvalue weighted by Crippen LogP contribution is 2.40. The molecule has 1 aromatic carbocycles. The fourth-order valence-corrected chi connectivity index (χ4v) is 5.00. The topological polar surface area (TPSA) is 49.7 Å². The number of aryl methyl sites for hydroxylation is 1. The monoisotopic (exact) mass is 403 g/mol. The number of halogens is 1. The third kappa shape index (κ3) is 2.85. The summed E-state index contributed by atoms with van der Waals surface area (Å²) in [7, 11) is 2.16. The van der Waals surface area contributed by atoms with Gasteiger partial charge in [0.1, 0.15) is 17.0 Å². The molecule has 154 valence electrons. The summed E-state index contributed by atoms with van der Waals surface area (Å²) in [4.78, 5) is 15.0. The zero-order valence-corrected chi connectivity index (χ0v) is 17.5. The van der Waals surface area contributed by atoms with E-state index in [9.17, 15) is 0 Å². The van der Waals surface area contributed by atoms with Crippen LogP contribution in [0, 0.1) is 12.7 Å². The molecule has 1 N–H and O–H groups in total. The molecule has 6 rings (SSSR count). The molecule has 30 heavy (non-hydrogen) atoms. The number of rotatable bonds is 3. The molecule has 5 nitrogen and oxygen atoms in total. The van der Waals surface area contributed by atoms with E-state index in [1.165, 1.54) is 12.8 Å². The van der Waals surface area contributed by atoms with E-state index >= 15 is 4.39 Å². The van der Waals surface area contributed by atoms with Crippen LogP contribution in [-0.4, -0.2) is 44.6 Å². The molecule has 2 fully saturated rings. The van der Waals surface area contributed by atoms with Crippen LogP contribution >= 0.6 is 0 Å². The predicted molar refractivity (Wildman–Crippen MR) is 117 cm³/mol. The lowest BCUT2D eigenvalue weighted by atomic mass is 10.0. The molecule has 4 aromatic rings. The molecule has 3 aromatic heterocycles. The third-order valence-electron chi connectivity index (χ3n) is 6.85. The van der Waals surface area contributed by atoms with Gasteiger partial charge in [-0.15, -0.1) is 0 Å². The normalized spacial score (nSPS) is 18.6. The molecule has 0 unspecified atom stereocenters. The Kier molecular flexibility index (Phi) is 4.00. The molecule has 2 aliphatic rings. The summed E-state index contributed by atoms with van der Waals surface area (Å²) in [6, 6.07) is 8.34. The minimum atomic E-state index is -0.255. The fourth-order valence-electron chi connectivity index (χ4n) is 5.00. The summed E-state index contributed by atoms with van der Waals surface area (Å²) < 4.78 is 17.4. The van der Waals surface area contributed by atoms with Crippen LogP contribution < -0.4 is 0 Å². The number of fused-ring (bicyclic) bond motifs is 2. The molecule has 6 heteroatoms. The molecule has 1 saturated heterocycles. The second-order valence-corrected chi connectivity index (χ2v) is 9.00. The number of pyridine rings is 1. The maximum Gasteiger partial charge on any atom is 0.151 e. The summed E-state index contributed by atoms with van der Waals surface area (Å²) in [6.45, 7) is 4.11. The zero-order valence-electron chi connectivity index (χ0n) is 17.5. The van der Waals surface area contributed by atoms with E-state index in [-0.39, 0.29) is 5.82 Å². The first kappa shape index (κ1) is 18.1. The lowest BCUT2D eigenvalue weighted by Crippen LogP contribution is -2.31. The highest BCUT2D eigenvalue weighted by molar-refractivity contribution is 5.96. The summed E-state index contributed by atoms with van der Waals surface area (Å²) >= 11 is 0. The molecule has 0 amide bonds. The van der Waals surface area contributed by atoms with Gasteiger partial charge in [-0.1, -0.05) is 0 Å². The second kappa shape index (κ2) is 6.64. The summed E-state index contributed by atoms with van der Waals surface area (Å²) in [5.74, 6) is 1.25. The number of hydrogen-bond acceptors (Lipinski definition) is 3. The SMILES string of the molecule is Cc1nc2c(F)cc(-c3c[nH]c4nc(C5CC5)ccc34)cc2n1C1CCN(C)CC1. The van der Waals surface area contributed by atoms with Gasteiger partial charge in [-0.05, 0) is 82.6 Å². The Morgan fingerprint density at radius 2 is 1.87 bits per heavy atom. The van der Waals surface area contributed by atoms with Gasteiger partial charge in [-0.2, -0.15) is 0 Å². The van der Waals surface area contributed by atoms with Crippen molar-refractivity contribution in [2.75, 3.05) is 20.1 Å². The molecular weight excluding hydrogens is 377 g/mol. The number of aromatic amines is 1. The van der Waals surface area contributed by atoms with Crippen molar-refractivity contribution in [1.29, 1.82) is 0 Å². The Balaban J connectivity index is 1.47. The number of aromatic nitrogens is 4. The molecular formula is C24H26FN5. The number of benzene rings is 1. The van der Waals surface area contributed by atoms with Crippen molar-refractivity contribution in [2.24, 2.45) is 0 Å². The van der Waals surface area contributed by atoms with Crippen LogP contribution in [0.25, 0.3) is 33.2 Å². The van der Waals surface area contributed by atoms with E-state index in [0.717, 1.165) is 65.1 Å². The van der Waals surface area contributed by atoms with Gasteiger partial charge in [0.15, 0.2) is 5.82 Å². The Labute approximate surface area is 174 Å². The Morgan fingerprint density at radius 1 is 1.07 bits per heavy atom. The van der Waals surface area contributed by atoms with Crippen LogP contribution in [-0.2, 0) is 0 Å². The summed E-state index contributed by atoms with van der Waals surface area (Å²) in [5, 5.41) is 1.04. The first-order valence-electron chi connectivity index (χ1n) is 10.9. The molecule has 4 heterocycles. The average molecular weight is 404 g/mol. The van der Waals surface area contributed by atoms with Crippen molar-refractivity contribution in [2.45, 2.75) is 44.6 Å². The predicted octanol–water partition coefficient (Wildman–Crippen LogP) is 5.17. The van der Waals surface area contributed by atoms with Crippen LogP contribution in [0.1, 0.15) is 49.2 Å². The number of H-pyrrole nitrogens is 1. The van der Waals surface area contributed by atoms with Gasteiger partial charge in [0.2, 0.25) is 0 Å². The largest absolute Gasteiger partial charge is 0.346 e. The first-order valence-corrected chi connectivity index (χ1v) is 10.9. The lowest BCUT2D eigenvalue weighted by Gasteiger charge is -2.30. The quantitative estimate of drug-likeness (QED) is 0.513. The first-order chi connectivity index (χ1) is 14.6. The van der Waals surface area contributed by atoms with E-state index in [0.29, 0.717) is 17.5 Å². The molecule has 1 saturated carbocycles. The van der Waals surface area contributed by atoms with E-state index < -0.39 is 0 Å². The van der Waals surface area contributed by atoms with Crippen LogP contribution in [0.15, 0.2) is 30.5 Å². The van der Waals surface area contributed by atoms with Crippen molar-refractivity contribution in [3.05, 3.63) is 47.8 Å². The van der Waals surface area contributed by atoms with E-state index in [1.54, 1.807) is 6.07 Å². The van der Waals surface area contributed by atoms with Crippen molar-refractivity contribution < 1.29 is 4.39 Å². The smallest absolute Gasteiger partial charge is 0.151 e. The van der Waals surface area contributed by atoms with Gasteiger partial charge in [0, 0.05) is 34.8 Å². The minimum absolute atomic E-state index is 0.255. The molecule has 0 radical (unpaired) electrons. The van der Waals surface area contributed by atoms with Gasteiger partial charge in [0.05, 0.1) is 5.52 Å². The van der Waals surface area contributed by atoms with Crippen molar-refractivity contribution in [3.8, 4) is 11.1 Å². The molecule has 0 atom stereocenters. The Morgan fingerprint density at radius 3 is 2.63 bits per heavy atom. The van der Waals surface area contributed by atoms with Crippen LogP contribution in [0.4, 0.5) is 4.39 Å². The van der Waals surface area contributed by atoms with Gasteiger partial charge in [0.25, 0.3) is 0 Å². The maximum atomic E-state index is 15.1. The molecule has 0 spiro atoms. The number of imidazole rings is 1. The number of nitrogens with one attached hydrogen (secondary N) is 1. The van der Waals surface area contributed by atoms with Crippen molar-refractivity contribution in [1.82, 2.24) is 24.4 Å². The van der Waals surface area contributed by atoms with Gasteiger partial charge in [-0.3, -0.25) is 0 Å². The standard InChI is InChI=1S/C24H26FN5/c1-14-27-23-20(25)11-16(12-22(23)30(14)17-7-9-29(2)10-8-17)19-13-26-24-18(19)5-6-21(28-24)15-3-4-15/h5-6,11-13,15,17H,3-4,7-10H2,1-2H3,(H,26,28). The van der Waals surface area contributed by atoms with Crippen LogP contribution in [0.2, 0.25) is 0 Å². The van der Waals surface area contributed by atoms with E-state index in [4.69, 9.17) is 4.98 Å². The fraction of sp³-hybridized carbons (Fsp3) is 0.417. The highest BCUT2D eigenvalue weighted by atomic mass is 19.1. The maximum absolute atomic E-state index is 15.1.